The first-order valence-electron chi connectivity index (χ1n) is 7.43. The van der Waals surface area contributed by atoms with Crippen molar-refractivity contribution in [2.75, 3.05) is 0 Å². The lowest BCUT2D eigenvalue weighted by molar-refractivity contribution is -0.125. The third kappa shape index (κ3) is 6.61. The number of hydrogen-bond acceptors (Lipinski definition) is 1. The molecule has 0 saturated carbocycles. The molecule has 106 valence electrons. The molecule has 0 aliphatic heterocycles. The molecule has 0 aromatic heterocycles. The van der Waals surface area contributed by atoms with Gasteiger partial charge in [0.25, 0.3) is 0 Å². The molecule has 0 fully saturated rings. The van der Waals surface area contributed by atoms with Crippen molar-refractivity contribution in [3.63, 3.8) is 0 Å². The lowest BCUT2D eigenvalue weighted by Crippen LogP contribution is -2.24. The number of Topliss-reactive ketones (excluding diaryl/α,β-unsaturated/α-hetero) is 1. The number of carbonyl (C=O) groups is 1. The summed E-state index contributed by atoms with van der Waals surface area (Å²) in [5.41, 5.74) is 0.239. The smallest absolute Gasteiger partial charge is 0.135 e. The predicted octanol–water partition coefficient (Wildman–Crippen LogP) is 4.41. The molecule has 0 aromatic carbocycles. The van der Waals surface area contributed by atoms with Gasteiger partial charge in [-0.3, -0.25) is 4.79 Å². The van der Waals surface area contributed by atoms with Crippen molar-refractivity contribution in [1.29, 1.82) is 0 Å². The van der Waals surface area contributed by atoms with E-state index in [4.69, 9.17) is 0 Å². The van der Waals surface area contributed by atoms with E-state index in [1.165, 1.54) is 19.3 Å². The largest absolute Gasteiger partial charge is 0.299 e. The molecule has 0 aliphatic carbocycles. The Kier molecular flexibility index (Phi) is 6.16. The fraction of sp³-hybridized carbons (Fsp3) is 0.938. The Morgan fingerprint density at radius 1 is 1.06 bits per heavy atom. The molecular formula is C16H33BO. The van der Waals surface area contributed by atoms with Crippen LogP contribution in [-0.2, 0) is 4.79 Å². The molecule has 18 heavy (non-hydrogen) atoms. The maximum atomic E-state index is 11.5. The normalized spacial score (nSPS) is 16.4. The number of hydrogen-bond donors (Lipinski definition) is 0. The zero-order valence-corrected chi connectivity index (χ0v) is 13.9. The quantitative estimate of drug-likeness (QED) is 0.585. The van der Waals surface area contributed by atoms with Crippen LogP contribution in [-0.4, -0.2) is 13.6 Å². The van der Waals surface area contributed by atoms with Gasteiger partial charge in [-0.05, 0) is 31.6 Å². The molecule has 0 saturated heterocycles. The zero-order chi connectivity index (χ0) is 14.6. The highest BCUT2D eigenvalue weighted by Crippen LogP contribution is 2.42. The van der Waals surface area contributed by atoms with Gasteiger partial charge in [-0.15, -0.1) is 0 Å². The Bertz CT molecular complexity index is 277. The van der Waals surface area contributed by atoms with Gasteiger partial charge in [0, 0.05) is 5.41 Å². The van der Waals surface area contributed by atoms with Crippen LogP contribution < -0.4 is 0 Å². The molecule has 0 heterocycles. The van der Waals surface area contributed by atoms with Crippen molar-refractivity contribution in [2.45, 2.75) is 85.9 Å². The van der Waals surface area contributed by atoms with Gasteiger partial charge in [-0.25, -0.2) is 0 Å². The first kappa shape index (κ1) is 17.7. The lowest BCUT2D eigenvalue weighted by Gasteiger charge is -2.35. The zero-order valence-electron chi connectivity index (χ0n) is 13.9. The second-order valence-electron chi connectivity index (χ2n) is 8.15. The lowest BCUT2D eigenvalue weighted by atomic mass is 9.60. The van der Waals surface area contributed by atoms with Gasteiger partial charge in [0.2, 0.25) is 0 Å². The van der Waals surface area contributed by atoms with Gasteiger partial charge in [-0.2, -0.15) is 0 Å². The summed E-state index contributed by atoms with van der Waals surface area (Å²) in [5.74, 6) is 0.314. The van der Waals surface area contributed by atoms with Crippen LogP contribution in [0.1, 0.15) is 80.6 Å². The number of ketones is 1. The minimum absolute atomic E-state index is 0.143. The minimum Gasteiger partial charge on any atom is -0.299 e. The monoisotopic (exact) mass is 252 g/mol. The van der Waals surface area contributed by atoms with Gasteiger partial charge in [-0.1, -0.05) is 59.7 Å². The summed E-state index contributed by atoms with van der Waals surface area (Å²) in [5, 5.41) is 0.430. The Morgan fingerprint density at radius 3 is 1.94 bits per heavy atom. The average molecular weight is 252 g/mol. The molecule has 0 radical (unpaired) electrons. The maximum absolute atomic E-state index is 11.5. The van der Waals surface area contributed by atoms with Gasteiger partial charge in [0.05, 0.1) is 0 Å². The maximum Gasteiger partial charge on any atom is 0.135 e. The van der Waals surface area contributed by atoms with Crippen molar-refractivity contribution in [2.24, 2.45) is 10.8 Å². The average Bonchev–Trinajstić information content (AvgIpc) is 2.15. The summed E-state index contributed by atoms with van der Waals surface area (Å²) < 4.78 is 0. The third-order valence-corrected chi connectivity index (χ3v) is 4.52. The van der Waals surface area contributed by atoms with E-state index in [0.717, 1.165) is 12.8 Å². The fourth-order valence-electron chi connectivity index (χ4n) is 2.69. The van der Waals surface area contributed by atoms with Gasteiger partial charge < -0.3 is 0 Å². The van der Waals surface area contributed by atoms with Crippen molar-refractivity contribution >= 4 is 13.6 Å². The van der Waals surface area contributed by atoms with Gasteiger partial charge in [0.15, 0.2) is 0 Å². The highest BCUT2D eigenvalue weighted by molar-refractivity contribution is 6.14. The summed E-state index contributed by atoms with van der Waals surface area (Å²) in [6.45, 7) is 15.2. The molecule has 0 aliphatic rings. The van der Waals surface area contributed by atoms with Crippen LogP contribution in [0.3, 0.4) is 0 Å². The van der Waals surface area contributed by atoms with Crippen molar-refractivity contribution in [3.8, 4) is 0 Å². The van der Waals surface area contributed by atoms with Crippen molar-refractivity contribution in [3.05, 3.63) is 0 Å². The topological polar surface area (TPSA) is 17.1 Å². The summed E-state index contributed by atoms with van der Waals surface area (Å²) in [6.07, 6.45) is 5.87. The van der Waals surface area contributed by atoms with Crippen LogP contribution in [0.2, 0.25) is 5.31 Å². The molecule has 1 nitrogen and oxygen atoms in total. The highest BCUT2D eigenvalue weighted by atomic mass is 16.1. The summed E-state index contributed by atoms with van der Waals surface area (Å²) in [7, 11) is 2.36. The predicted molar refractivity (Wildman–Crippen MR) is 83.9 cm³/mol. The summed E-state index contributed by atoms with van der Waals surface area (Å²) in [4.78, 5) is 11.5. The van der Waals surface area contributed by atoms with Gasteiger partial charge in [0.1, 0.15) is 13.6 Å². The van der Waals surface area contributed by atoms with E-state index < -0.39 is 0 Å². The summed E-state index contributed by atoms with van der Waals surface area (Å²) in [6, 6.07) is 0. The highest BCUT2D eigenvalue weighted by Gasteiger charge is 2.29. The van der Waals surface area contributed by atoms with Gasteiger partial charge >= 0.3 is 0 Å². The van der Waals surface area contributed by atoms with Crippen LogP contribution in [0.4, 0.5) is 0 Å². The van der Waals surface area contributed by atoms with Crippen LogP contribution in [0.25, 0.3) is 0 Å². The summed E-state index contributed by atoms with van der Waals surface area (Å²) >= 11 is 0. The Hall–Kier alpha value is -0.265. The molecule has 0 amide bonds. The van der Waals surface area contributed by atoms with Crippen LogP contribution >= 0.6 is 0 Å². The van der Waals surface area contributed by atoms with Crippen molar-refractivity contribution < 1.29 is 4.79 Å². The molecule has 0 bridgehead atoms. The van der Waals surface area contributed by atoms with E-state index in [-0.39, 0.29) is 5.41 Å². The SMILES string of the molecule is BC(C)(CC)CC(C)(C)CCCC(C)(C)C(C)=O. The standard InChI is InChI=1S/C16H33BO/c1-8-16(7,17)12-14(3,4)10-9-11-15(5,6)13(2)18/h8-12,17H2,1-7H3. The molecule has 0 N–H and O–H groups in total. The Balaban J connectivity index is 4.25. The van der Waals surface area contributed by atoms with E-state index >= 15 is 0 Å². The van der Waals surface area contributed by atoms with Crippen LogP contribution in [0.5, 0.6) is 0 Å². The second-order valence-corrected chi connectivity index (χ2v) is 8.15. The molecule has 1 unspecified atom stereocenters. The number of rotatable bonds is 8. The Morgan fingerprint density at radius 2 is 1.56 bits per heavy atom. The first-order chi connectivity index (χ1) is 7.92. The molecule has 1 atom stereocenters. The third-order valence-electron chi connectivity index (χ3n) is 4.52. The van der Waals surface area contributed by atoms with E-state index in [0.29, 0.717) is 16.5 Å². The van der Waals surface area contributed by atoms with Crippen LogP contribution in [0, 0.1) is 10.8 Å². The van der Waals surface area contributed by atoms with E-state index in [9.17, 15) is 4.79 Å². The first-order valence-corrected chi connectivity index (χ1v) is 7.43. The molecular weight excluding hydrogens is 219 g/mol. The number of carbonyl (C=O) groups excluding carboxylic acids is 1. The minimum atomic E-state index is -0.143. The van der Waals surface area contributed by atoms with E-state index in [1.807, 2.05) is 0 Å². The van der Waals surface area contributed by atoms with E-state index in [2.05, 4.69) is 49.4 Å². The van der Waals surface area contributed by atoms with Crippen molar-refractivity contribution in [1.82, 2.24) is 0 Å². The molecule has 0 spiro atoms. The molecule has 0 rings (SSSR count). The Labute approximate surface area is 116 Å². The second kappa shape index (κ2) is 6.26. The molecule has 2 heteroatoms. The van der Waals surface area contributed by atoms with E-state index in [1.54, 1.807) is 6.92 Å². The fourth-order valence-corrected chi connectivity index (χ4v) is 2.69. The van der Waals surface area contributed by atoms with Crippen LogP contribution in [0.15, 0.2) is 0 Å². The molecule has 0 aromatic rings.